The number of aryl methyl sites for hydroxylation is 1. The van der Waals surface area contributed by atoms with Gasteiger partial charge < -0.3 is 23.6 Å². The van der Waals surface area contributed by atoms with Crippen molar-refractivity contribution in [1.82, 2.24) is 5.32 Å². The number of hydrogen-bond acceptors (Lipinski definition) is 7. The molecule has 0 unspecified atom stereocenters. The first-order valence-corrected chi connectivity index (χ1v) is 10.6. The zero-order chi connectivity index (χ0) is 24.0. The first-order valence-electron chi connectivity index (χ1n) is 10.2. The van der Waals surface area contributed by atoms with Crippen molar-refractivity contribution in [1.29, 1.82) is 0 Å². The van der Waals surface area contributed by atoms with Gasteiger partial charge in [0.2, 0.25) is 0 Å². The largest absolute Gasteiger partial charge is 0.519 e. The molecule has 33 heavy (non-hydrogen) atoms. The van der Waals surface area contributed by atoms with Crippen molar-refractivity contribution in [2.24, 2.45) is 0 Å². The summed E-state index contributed by atoms with van der Waals surface area (Å²) in [4.78, 5) is 35.6. The monoisotopic (exact) mass is 473 g/mol. The average Bonchev–Trinajstić information content (AvgIpc) is 3.10. The summed E-state index contributed by atoms with van der Waals surface area (Å²) in [5.74, 6) is -0.754. The lowest BCUT2D eigenvalue weighted by Crippen LogP contribution is -2.39. The zero-order valence-electron chi connectivity index (χ0n) is 18.5. The molecule has 1 heterocycles. The molecule has 0 spiro atoms. The lowest BCUT2D eigenvalue weighted by Gasteiger charge is -2.24. The molecule has 0 atom stereocenters. The molecule has 1 amide bonds. The molecule has 3 aromatic rings. The summed E-state index contributed by atoms with van der Waals surface area (Å²) < 4.78 is 20.5. The molecule has 0 saturated carbocycles. The van der Waals surface area contributed by atoms with Crippen LogP contribution < -0.4 is 15.9 Å². The number of esters is 1. The molecule has 2 aromatic carbocycles. The van der Waals surface area contributed by atoms with Crippen molar-refractivity contribution < 1.29 is 27.9 Å². The number of halogens is 1. The van der Waals surface area contributed by atoms with E-state index in [2.05, 4.69) is 5.32 Å². The number of carbonyl (C=O) groups is 2. The standard InChI is InChI=1S/C24H24ClNO7/c1-15-20(32-23(29)31-15)14-30-22(28)24(2,3)33-19-10-4-16(5-11-19)12-13-26-21(27)17-6-8-18(25)9-7-17/h4-11H,12-14H2,1-3H3,(H,26,27). The molecule has 0 aliphatic heterocycles. The quantitative estimate of drug-likeness (QED) is 0.466. The minimum Gasteiger partial charge on any atom is -0.476 e. The predicted octanol–water partition coefficient (Wildman–Crippen LogP) is 4.07. The van der Waals surface area contributed by atoms with Crippen LogP contribution in [0.3, 0.4) is 0 Å². The second-order valence-electron chi connectivity index (χ2n) is 7.78. The topological polar surface area (TPSA) is 108 Å². The zero-order valence-corrected chi connectivity index (χ0v) is 19.2. The van der Waals surface area contributed by atoms with E-state index >= 15 is 0 Å². The van der Waals surface area contributed by atoms with Crippen molar-refractivity contribution in [3.05, 3.63) is 86.8 Å². The summed E-state index contributed by atoms with van der Waals surface area (Å²) in [6.45, 7) is 4.93. The van der Waals surface area contributed by atoms with Gasteiger partial charge in [-0.05, 0) is 69.2 Å². The van der Waals surface area contributed by atoms with Crippen molar-refractivity contribution >= 4 is 23.5 Å². The number of ether oxygens (including phenoxy) is 2. The Morgan fingerprint density at radius 1 is 1.03 bits per heavy atom. The van der Waals surface area contributed by atoms with Crippen LogP contribution in [-0.4, -0.2) is 24.0 Å². The van der Waals surface area contributed by atoms with Gasteiger partial charge in [-0.2, -0.15) is 0 Å². The van der Waals surface area contributed by atoms with Gasteiger partial charge in [-0.3, -0.25) is 4.79 Å². The molecule has 8 nitrogen and oxygen atoms in total. The summed E-state index contributed by atoms with van der Waals surface area (Å²) >= 11 is 5.83. The van der Waals surface area contributed by atoms with E-state index in [1.165, 1.54) is 0 Å². The van der Waals surface area contributed by atoms with E-state index in [9.17, 15) is 14.4 Å². The molecule has 0 aliphatic carbocycles. The van der Waals surface area contributed by atoms with Gasteiger partial charge >= 0.3 is 11.8 Å². The summed E-state index contributed by atoms with van der Waals surface area (Å²) in [6, 6.07) is 13.9. The Hall–Kier alpha value is -3.52. The molecule has 0 radical (unpaired) electrons. The smallest absolute Gasteiger partial charge is 0.476 e. The van der Waals surface area contributed by atoms with Crippen molar-refractivity contribution in [3.63, 3.8) is 0 Å². The van der Waals surface area contributed by atoms with Gasteiger partial charge in [0.15, 0.2) is 23.7 Å². The first kappa shape index (κ1) is 24.1. The van der Waals surface area contributed by atoms with E-state index in [1.54, 1.807) is 57.2 Å². The third-order valence-corrected chi connectivity index (χ3v) is 5.02. The van der Waals surface area contributed by atoms with Crippen LogP contribution >= 0.6 is 11.6 Å². The number of benzene rings is 2. The van der Waals surface area contributed by atoms with Crippen molar-refractivity contribution in [3.8, 4) is 5.75 Å². The average molecular weight is 474 g/mol. The summed E-state index contributed by atoms with van der Waals surface area (Å²) in [5.41, 5.74) is 0.262. The van der Waals surface area contributed by atoms with Crippen LogP contribution in [0.5, 0.6) is 5.75 Å². The molecule has 1 aromatic heterocycles. The number of hydrogen-bond donors (Lipinski definition) is 1. The Balaban J connectivity index is 1.47. The van der Waals surface area contributed by atoms with E-state index in [0.717, 1.165) is 5.56 Å². The Labute approximate surface area is 195 Å². The van der Waals surface area contributed by atoms with E-state index in [1.807, 2.05) is 12.1 Å². The second kappa shape index (κ2) is 10.4. The maximum absolute atomic E-state index is 12.4. The van der Waals surface area contributed by atoms with Gasteiger partial charge in [-0.1, -0.05) is 23.7 Å². The minimum absolute atomic E-state index is 0.150. The maximum Gasteiger partial charge on any atom is 0.519 e. The van der Waals surface area contributed by atoms with Crippen molar-refractivity contribution in [2.45, 2.75) is 39.4 Å². The Bertz CT molecular complexity index is 1160. The lowest BCUT2D eigenvalue weighted by molar-refractivity contribution is -0.161. The van der Waals surface area contributed by atoms with Crippen LogP contribution in [0.1, 0.15) is 41.3 Å². The van der Waals surface area contributed by atoms with E-state index in [0.29, 0.717) is 29.3 Å². The Morgan fingerprint density at radius 2 is 1.70 bits per heavy atom. The highest BCUT2D eigenvalue weighted by atomic mass is 35.5. The highest BCUT2D eigenvalue weighted by molar-refractivity contribution is 6.30. The number of nitrogens with one attached hydrogen (secondary N) is 1. The Kier molecular flexibility index (Phi) is 7.60. The SMILES string of the molecule is Cc1oc(=O)oc1COC(=O)C(C)(C)Oc1ccc(CCNC(=O)c2ccc(Cl)cc2)cc1. The van der Waals surface area contributed by atoms with Gasteiger partial charge in [0.05, 0.1) is 0 Å². The van der Waals surface area contributed by atoms with Crippen LogP contribution in [0.2, 0.25) is 5.02 Å². The predicted molar refractivity (Wildman–Crippen MR) is 120 cm³/mol. The normalized spacial score (nSPS) is 11.2. The van der Waals surface area contributed by atoms with E-state index < -0.39 is 17.4 Å². The first-order chi connectivity index (χ1) is 15.6. The van der Waals surface area contributed by atoms with Gasteiger partial charge in [0.1, 0.15) is 5.75 Å². The number of carbonyl (C=O) groups excluding carboxylic acids is 2. The molecule has 0 saturated heterocycles. The molecular formula is C24H24ClNO7. The molecule has 1 N–H and O–H groups in total. The highest BCUT2D eigenvalue weighted by Gasteiger charge is 2.32. The van der Waals surface area contributed by atoms with Gasteiger partial charge in [0, 0.05) is 17.1 Å². The van der Waals surface area contributed by atoms with E-state index in [-0.39, 0.29) is 24.0 Å². The van der Waals surface area contributed by atoms with Crippen LogP contribution in [-0.2, 0) is 22.6 Å². The summed E-state index contributed by atoms with van der Waals surface area (Å²) in [5, 5.41) is 3.43. The molecular weight excluding hydrogens is 450 g/mol. The van der Waals surface area contributed by atoms with Crippen LogP contribution in [0, 0.1) is 6.92 Å². The van der Waals surface area contributed by atoms with Crippen LogP contribution in [0.15, 0.2) is 62.2 Å². The van der Waals surface area contributed by atoms with Gasteiger partial charge in [0.25, 0.3) is 5.91 Å². The maximum atomic E-state index is 12.4. The fraction of sp³-hybridized carbons (Fsp3) is 0.292. The summed E-state index contributed by atoms with van der Waals surface area (Å²) in [7, 11) is 0. The third-order valence-electron chi connectivity index (χ3n) is 4.76. The molecule has 9 heteroatoms. The van der Waals surface area contributed by atoms with E-state index in [4.69, 9.17) is 29.9 Å². The summed E-state index contributed by atoms with van der Waals surface area (Å²) in [6.07, 6.45) is 0.625. The number of amides is 1. The molecule has 3 rings (SSSR count). The lowest BCUT2D eigenvalue weighted by atomic mass is 10.1. The van der Waals surface area contributed by atoms with Gasteiger partial charge in [-0.15, -0.1) is 0 Å². The van der Waals surface area contributed by atoms with Crippen LogP contribution in [0.25, 0.3) is 0 Å². The molecule has 0 aliphatic rings. The number of rotatable bonds is 9. The highest BCUT2D eigenvalue weighted by Crippen LogP contribution is 2.21. The second-order valence-corrected chi connectivity index (χ2v) is 8.22. The van der Waals surface area contributed by atoms with Crippen molar-refractivity contribution in [2.75, 3.05) is 6.54 Å². The fourth-order valence-electron chi connectivity index (χ4n) is 2.90. The van der Waals surface area contributed by atoms with Gasteiger partial charge in [-0.25, -0.2) is 9.59 Å². The molecule has 174 valence electrons. The molecule has 0 bridgehead atoms. The third kappa shape index (κ3) is 6.73. The Morgan fingerprint density at radius 3 is 2.30 bits per heavy atom. The minimum atomic E-state index is -1.27. The molecule has 0 fully saturated rings. The van der Waals surface area contributed by atoms with Crippen LogP contribution in [0.4, 0.5) is 0 Å². The fourth-order valence-corrected chi connectivity index (χ4v) is 3.02.